The summed E-state index contributed by atoms with van der Waals surface area (Å²) >= 11 is 0. The van der Waals surface area contributed by atoms with Gasteiger partial charge in [-0.15, -0.1) is 0 Å². The standard InChI is InChI=1S/C16H17FO4/c1-19-10-7-8-11(13(17)9-10)15(18)12-5-4-6-14(20-2)16(12)21-3/h4-9,15,18H,1-3H3. The number of methoxy groups -OCH3 is 3. The van der Waals surface area contributed by atoms with E-state index in [1.165, 1.54) is 33.5 Å². The maximum absolute atomic E-state index is 14.1. The summed E-state index contributed by atoms with van der Waals surface area (Å²) in [6.07, 6.45) is -1.17. The summed E-state index contributed by atoms with van der Waals surface area (Å²) in [6.45, 7) is 0. The van der Waals surface area contributed by atoms with E-state index in [1.807, 2.05) is 0 Å². The van der Waals surface area contributed by atoms with Crippen molar-refractivity contribution in [2.75, 3.05) is 21.3 Å². The molecular formula is C16H17FO4. The smallest absolute Gasteiger partial charge is 0.166 e. The maximum Gasteiger partial charge on any atom is 0.166 e. The fourth-order valence-corrected chi connectivity index (χ4v) is 2.15. The molecule has 0 heterocycles. The van der Waals surface area contributed by atoms with Crippen molar-refractivity contribution in [3.05, 3.63) is 53.3 Å². The molecule has 1 atom stereocenters. The minimum absolute atomic E-state index is 0.141. The Bertz CT molecular complexity index is 628. The molecule has 1 unspecified atom stereocenters. The molecule has 0 spiro atoms. The summed E-state index contributed by atoms with van der Waals surface area (Å²) in [5.41, 5.74) is 0.572. The molecule has 2 rings (SSSR count). The molecular weight excluding hydrogens is 275 g/mol. The number of rotatable bonds is 5. The zero-order valence-corrected chi connectivity index (χ0v) is 12.1. The van der Waals surface area contributed by atoms with Crippen LogP contribution < -0.4 is 14.2 Å². The third kappa shape index (κ3) is 2.92. The van der Waals surface area contributed by atoms with Gasteiger partial charge in [0.2, 0.25) is 0 Å². The summed E-state index contributed by atoms with van der Waals surface area (Å²) in [4.78, 5) is 0. The number of para-hydroxylation sites is 1. The van der Waals surface area contributed by atoms with Gasteiger partial charge in [0.1, 0.15) is 17.7 Å². The molecule has 0 aliphatic rings. The van der Waals surface area contributed by atoms with Gasteiger partial charge in [-0.2, -0.15) is 0 Å². The van der Waals surface area contributed by atoms with Crippen molar-refractivity contribution in [2.45, 2.75) is 6.10 Å². The number of hydrogen-bond donors (Lipinski definition) is 1. The number of aliphatic hydroxyl groups excluding tert-OH is 1. The molecule has 5 heteroatoms. The van der Waals surface area contributed by atoms with Crippen LogP contribution in [-0.4, -0.2) is 26.4 Å². The van der Waals surface area contributed by atoms with Gasteiger partial charge in [-0.3, -0.25) is 0 Å². The van der Waals surface area contributed by atoms with Crippen molar-refractivity contribution in [2.24, 2.45) is 0 Å². The molecule has 0 aromatic heterocycles. The number of halogens is 1. The molecule has 0 amide bonds. The predicted octanol–water partition coefficient (Wildman–Crippen LogP) is 2.93. The Labute approximate surface area is 122 Å². The first-order valence-electron chi connectivity index (χ1n) is 6.34. The van der Waals surface area contributed by atoms with Crippen molar-refractivity contribution < 1.29 is 23.7 Å². The topological polar surface area (TPSA) is 47.9 Å². The SMILES string of the molecule is COc1ccc(C(O)c2cccc(OC)c2OC)c(F)c1. The number of hydrogen-bond acceptors (Lipinski definition) is 4. The van der Waals surface area contributed by atoms with Gasteiger partial charge in [0.05, 0.1) is 21.3 Å². The van der Waals surface area contributed by atoms with Crippen LogP contribution in [0.4, 0.5) is 4.39 Å². The van der Waals surface area contributed by atoms with Crippen molar-refractivity contribution in [1.82, 2.24) is 0 Å². The van der Waals surface area contributed by atoms with Crippen LogP contribution >= 0.6 is 0 Å². The zero-order chi connectivity index (χ0) is 15.4. The lowest BCUT2D eigenvalue weighted by Gasteiger charge is -2.18. The first-order chi connectivity index (χ1) is 10.1. The maximum atomic E-state index is 14.1. The molecule has 0 saturated carbocycles. The highest BCUT2D eigenvalue weighted by molar-refractivity contribution is 5.50. The predicted molar refractivity (Wildman–Crippen MR) is 76.6 cm³/mol. The number of benzene rings is 2. The molecule has 0 aliphatic carbocycles. The van der Waals surface area contributed by atoms with Gasteiger partial charge < -0.3 is 19.3 Å². The Morgan fingerprint density at radius 2 is 1.71 bits per heavy atom. The number of ether oxygens (including phenoxy) is 3. The van der Waals surface area contributed by atoms with Crippen LogP contribution in [0.5, 0.6) is 17.2 Å². The molecule has 2 aromatic rings. The van der Waals surface area contributed by atoms with Gasteiger partial charge >= 0.3 is 0 Å². The Balaban J connectivity index is 2.47. The van der Waals surface area contributed by atoms with Gasteiger partial charge in [-0.05, 0) is 18.2 Å². The van der Waals surface area contributed by atoms with Gasteiger partial charge in [0.25, 0.3) is 0 Å². The van der Waals surface area contributed by atoms with Crippen LogP contribution in [0.3, 0.4) is 0 Å². The summed E-state index contributed by atoms with van der Waals surface area (Å²) < 4.78 is 29.5. The van der Waals surface area contributed by atoms with Crippen molar-refractivity contribution >= 4 is 0 Å². The molecule has 0 aliphatic heterocycles. The highest BCUT2D eigenvalue weighted by Gasteiger charge is 2.21. The second-order valence-electron chi connectivity index (χ2n) is 4.37. The van der Waals surface area contributed by atoms with Gasteiger partial charge in [-0.25, -0.2) is 4.39 Å². The van der Waals surface area contributed by atoms with E-state index in [0.717, 1.165) is 0 Å². The molecule has 1 N–H and O–H groups in total. The van der Waals surface area contributed by atoms with Crippen LogP contribution in [-0.2, 0) is 0 Å². The highest BCUT2D eigenvalue weighted by Crippen LogP contribution is 2.38. The monoisotopic (exact) mass is 292 g/mol. The van der Waals surface area contributed by atoms with Crippen LogP contribution in [0, 0.1) is 5.82 Å². The van der Waals surface area contributed by atoms with Crippen molar-refractivity contribution in [3.8, 4) is 17.2 Å². The summed E-state index contributed by atoms with van der Waals surface area (Å²) in [5.74, 6) is 0.693. The zero-order valence-electron chi connectivity index (χ0n) is 12.1. The highest BCUT2D eigenvalue weighted by atomic mass is 19.1. The summed E-state index contributed by atoms with van der Waals surface area (Å²) in [6, 6.07) is 9.38. The van der Waals surface area contributed by atoms with E-state index in [4.69, 9.17) is 14.2 Å². The molecule has 0 fully saturated rings. The van der Waals surface area contributed by atoms with Gasteiger partial charge in [0, 0.05) is 17.2 Å². The third-order valence-electron chi connectivity index (χ3n) is 3.23. The van der Waals surface area contributed by atoms with E-state index in [2.05, 4.69) is 0 Å². The lowest BCUT2D eigenvalue weighted by molar-refractivity contribution is 0.208. The number of aliphatic hydroxyl groups is 1. The Hall–Kier alpha value is -2.27. The molecule has 0 saturated heterocycles. The molecule has 2 aromatic carbocycles. The van der Waals surface area contributed by atoms with Crippen molar-refractivity contribution in [1.29, 1.82) is 0 Å². The Morgan fingerprint density at radius 3 is 2.29 bits per heavy atom. The van der Waals surface area contributed by atoms with Crippen molar-refractivity contribution in [3.63, 3.8) is 0 Å². The molecule has 0 bridgehead atoms. The lowest BCUT2D eigenvalue weighted by Crippen LogP contribution is -2.06. The normalized spacial score (nSPS) is 11.9. The average Bonchev–Trinajstić information content (AvgIpc) is 2.53. The van der Waals surface area contributed by atoms with Crippen LogP contribution in [0.2, 0.25) is 0 Å². The van der Waals surface area contributed by atoms with E-state index < -0.39 is 11.9 Å². The van der Waals surface area contributed by atoms with E-state index in [0.29, 0.717) is 22.8 Å². The van der Waals surface area contributed by atoms with Crippen LogP contribution in [0.1, 0.15) is 17.2 Å². The second-order valence-corrected chi connectivity index (χ2v) is 4.37. The van der Waals surface area contributed by atoms with Crippen LogP contribution in [0.15, 0.2) is 36.4 Å². The minimum Gasteiger partial charge on any atom is -0.497 e. The second kappa shape index (κ2) is 6.45. The van der Waals surface area contributed by atoms with Gasteiger partial charge in [0.15, 0.2) is 11.5 Å². The molecule has 21 heavy (non-hydrogen) atoms. The van der Waals surface area contributed by atoms with Gasteiger partial charge in [-0.1, -0.05) is 12.1 Å². The molecule has 112 valence electrons. The molecule has 4 nitrogen and oxygen atoms in total. The average molecular weight is 292 g/mol. The Morgan fingerprint density at radius 1 is 0.952 bits per heavy atom. The first kappa shape index (κ1) is 15.1. The fourth-order valence-electron chi connectivity index (χ4n) is 2.15. The van der Waals surface area contributed by atoms with E-state index >= 15 is 0 Å². The summed E-state index contributed by atoms with van der Waals surface area (Å²) in [5, 5.41) is 10.5. The van der Waals surface area contributed by atoms with E-state index in [-0.39, 0.29) is 5.56 Å². The minimum atomic E-state index is -1.17. The lowest BCUT2D eigenvalue weighted by atomic mass is 9.99. The summed E-state index contributed by atoms with van der Waals surface area (Å²) in [7, 11) is 4.43. The fraction of sp³-hybridized carbons (Fsp3) is 0.250. The van der Waals surface area contributed by atoms with E-state index in [9.17, 15) is 9.50 Å². The molecule has 0 radical (unpaired) electrons. The first-order valence-corrected chi connectivity index (χ1v) is 6.34. The largest absolute Gasteiger partial charge is 0.497 e. The third-order valence-corrected chi connectivity index (χ3v) is 3.23. The Kier molecular flexibility index (Phi) is 4.65. The van der Waals surface area contributed by atoms with E-state index in [1.54, 1.807) is 24.3 Å². The van der Waals surface area contributed by atoms with Crippen LogP contribution in [0.25, 0.3) is 0 Å². The quantitative estimate of drug-likeness (QED) is 0.920.